The first kappa shape index (κ1) is 18.8. The van der Waals surface area contributed by atoms with E-state index in [1.165, 1.54) is 5.56 Å². The average Bonchev–Trinajstić information content (AvgIpc) is 3.15. The van der Waals surface area contributed by atoms with Crippen LogP contribution in [0.5, 0.6) is 0 Å². The number of aliphatic hydroxyl groups excluding tert-OH is 1. The van der Waals surface area contributed by atoms with Crippen LogP contribution >= 0.6 is 11.6 Å². The molecule has 26 heavy (non-hydrogen) atoms. The van der Waals surface area contributed by atoms with Gasteiger partial charge in [0.1, 0.15) is 0 Å². The SMILES string of the molecule is O=C(NCCCO)c1cn(C2CCN(Cc3ccc(Cl)cc3)CC2)nn1. The summed E-state index contributed by atoms with van der Waals surface area (Å²) in [5, 5.41) is 20.3. The molecule has 8 heteroatoms. The molecular weight excluding hydrogens is 354 g/mol. The Hall–Kier alpha value is -1.96. The minimum atomic E-state index is -0.245. The van der Waals surface area contributed by atoms with E-state index in [4.69, 9.17) is 16.7 Å². The summed E-state index contributed by atoms with van der Waals surface area (Å²) in [7, 11) is 0. The standard InChI is InChI=1S/C18H24ClN5O2/c19-15-4-2-14(3-5-15)12-23-9-6-16(7-10-23)24-13-17(21-22-24)18(26)20-8-1-11-25/h2-5,13,16,25H,1,6-12H2,(H,20,26). The normalized spacial score (nSPS) is 15.9. The Bertz CT molecular complexity index is 711. The van der Waals surface area contributed by atoms with Crippen LogP contribution in [-0.4, -0.2) is 57.1 Å². The molecule has 2 heterocycles. The highest BCUT2D eigenvalue weighted by Gasteiger charge is 2.22. The van der Waals surface area contributed by atoms with E-state index < -0.39 is 0 Å². The summed E-state index contributed by atoms with van der Waals surface area (Å²) in [6, 6.07) is 8.24. The number of nitrogens with one attached hydrogen (secondary N) is 1. The van der Waals surface area contributed by atoms with Crippen molar-refractivity contribution in [2.45, 2.75) is 31.8 Å². The van der Waals surface area contributed by atoms with Crippen molar-refractivity contribution in [2.24, 2.45) is 0 Å². The molecule has 0 atom stereocenters. The third kappa shape index (κ3) is 5.03. The second-order valence-corrected chi connectivity index (χ2v) is 6.99. The Morgan fingerprint density at radius 3 is 2.69 bits per heavy atom. The van der Waals surface area contributed by atoms with E-state index in [-0.39, 0.29) is 18.6 Å². The molecule has 1 aromatic carbocycles. The first-order valence-electron chi connectivity index (χ1n) is 8.93. The lowest BCUT2D eigenvalue weighted by atomic mass is 10.0. The second kappa shape index (κ2) is 9.12. The van der Waals surface area contributed by atoms with Crippen LogP contribution in [0.4, 0.5) is 0 Å². The first-order valence-corrected chi connectivity index (χ1v) is 9.31. The molecular formula is C18H24ClN5O2. The van der Waals surface area contributed by atoms with Gasteiger partial charge in [0.2, 0.25) is 0 Å². The molecule has 0 spiro atoms. The largest absolute Gasteiger partial charge is 0.396 e. The molecule has 1 amide bonds. The zero-order chi connectivity index (χ0) is 18.4. The Morgan fingerprint density at radius 1 is 1.27 bits per heavy atom. The molecule has 0 unspecified atom stereocenters. The van der Waals surface area contributed by atoms with E-state index in [9.17, 15) is 4.79 Å². The third-order valence-corrected chi connectivity index (χ3v) is 4.87. The van der Waals surface area contributed by atoms with Gasteiger partial charge < -0.3 is 10.4 Å². The maximum atomic E-state index is 12.0. The van der Waals surface area contributed by atoms with Crippen molar-refractivity contribution in [2.75, 3.05) is 26.2 Å². The molecule has 1 aromatic heterocycles. The molecule has 7 nitrogen and oxygen atoms in total. The van der Waals surface area contributed by atoms with Gasteiger partial charge >= 0.3 is 0 Å². The third-order valence-electron chi connectivity index (χ3n) is 4.61. The number of hydrogen-bond acceptors (Lipinski definition) is 5. The van der Waals surface area contributed by atoms with E-state index in [1.54, 1.807) is 10.9 Å². The smallest absolute Gasteiger partial charge is 0.273 e. The summed E-state index contributed by atoms with van der Waals surface area (Å²) in [4.78, 5) is 14.4. The number of aromatic nitrogens is 3. The van der Waals surface area contributed by atoms with Gasteiger partial charge in [-0.15, -0.1) is 5.10 Å². The highest BCUT2D eigenvalue weighted by molar-refractivity contribution is 6.30. The van der Waals surface area contributed by atoms with E-state index in [2.05, 4.69) is 32.7 Å². The monoisotopic (exact) mass is 377 g/mol. The Kier molecular flexibility index (Phi) is 6.60. The van der Waals surface area contributed by atoms with Gasteiger partial charge in [-0.25, -0.2) is 4.68 Å². The molecule has 1 aliphatic rings. The Morgan fingerprint density at radius 2 is 2.00 bits per heavy atom. The van der Waals surface area contributed by atoms with Gasteiger partial charge in [0, 0.05) is 37.8 Å². The van der Waals surface area contributed by atoms with Gasteiger partial charge in [0.15, 0.2) is 5.69 Å². The van der Waals surface area contributed by atoms with Gasteiger partial charge in [0.25, 0.3) is 5.91 Å². The van der Waals surface area contributed by atoms with Crippen LogP contribution in [0.2, 0.25) is 5.02 Å². The highest BCUT2D eigenvalue weighted by Crippen LogP contribution is 2.23. The van der Waals surface area contributed by atoms with Gasteiger partial charge in [-0.1, -0.05) is 28.9 Å². The minimum absolute atomic E-state index is 0.0571. The number of rotatable bonds is 7. The van der Waals surface area contributed by atoms with Crippen molar-refractivity contribution in [1.29, 1.82) is 0 Å². The Labute approximate surface area is 157 Å². The van der Waals surface area contributed by atoms with Crippen LogP contribution in [0.15, 0.2) is 30.5 Å². The molecule has 0 saturated carbocycles. The molecule has 0 bridgehead atoms. The van der Waals surface area contributed by atoms with Crippen molar-refractivity contribution in [1.82, 2.24) is 25.2 Å². The zero-order valence-corrected chi connectivity index (χ0v) is 15.4. The fraction of sp³-hybridized carbons (Fsp3) is 0.500. The second-order valence-electron chi connectivity index (χ2n) is 6.55. The summed E-state index contributed by atoms with van der Waals surface area (Å²) in [6.07, 6.45) is 4.20. The van der Waals surface area contributed by atoms with Crippen molar-refractivity contribution < 1.29 is 9.90 Å². The summed E-state index contributed by atoms with van der Waals surface area (Å²) < 4.78 is 1.81. The first-order chi connectivity index (χ1) is 12.7. The van der Waals surface area contributed by atoms with Gasteiger partial charge in [0.05, 0.1) is 12.2 Å². The van der Waals surface area contributed by atoms with Crippen molar-refractivity contribution >= 4 is 17.5 Å². The molecule has 140 valence electrons. The maximum absolute atomic E-state index is 12.0. The molecule has 0 radical (unpaired) electrons. The molecule has 1 saturated heterocycles. The number of amides is 1. The highest BCUT2D eigenvalue weighted by atomic mass is 35.5. The van der Waals surface area contributed by atoms with Crippen molar-refractivity contribution in [3.63, 3.8) is 0 Å². The minimum Gasteiger partial charge on any atom is -0.396 e. The summed E-state index contributed by atoms with van der Waals surface area (Å²) in [5.74, 6) is -0.245. The molecule has 2 aromatic rings. The van der Waals surface area contributed by atoms with Gasteiger partial charge in [-0.2, -0.15) is 0 Å². The fourth-order valence-electron chi connectivity index (χ4n) is 3.12. The number of halogens is 1. The predicted octanol–water partition coefficient (Wildman–Crippen LogP) is 1.88. The van der Waals surface area contributed by atoms with Crippen LogP contribution in [0.1, 0.15) is 41.4 Å². The summed E-state index contributed by atoms with van der Waals surface area (Å²) >= 11 is 5.93. The molecule has 0 aliphatic carbocycles. The maximum Gasteiger partial charge on any atom is 0.273 e. The summed E-state index contributed by atoms with van der Waals surface area (Å²) in [6.45, 7) is 3.36. The van der Waals surface area contributed by atoms with E-state index >= 15 is 0 Å². The van der Waals surface area contributed by atoms with Crippen molar-refractivity contribution in [3.8, 4) is 0 Å². The number of benzene rings is 1. The molecule has 2 N–H and O–H groups in total. The molecule has 1 fully saturated rings. The number of carbonyl (C=O) groups excluding carboxylic acids is 1. The van der Waals surface area contributed by atoms with E-state index in [0.29, 0.717) is 18.7 Å². The van der Waals surface area contributed by atoms with E-state index in [0.717, 1.165) is 37.5 Å². The van der Waals surface area contributed by atoms with Crippen LogP contribution in [0.3, 0.4) is 0 Å². The van der Waals surface area contributed by atoms with Crippen LogP contribution < -0.4 is 5.32 Å². The quantitative estimate of drug-likeness (QED) is 0.720. The lowest BCUT2D eigenvalue weighted by Gasteiger charge is -2.31. The lowest BCUT2D eigenvalue weighted by molar-refractivity contribution is 0.0946. The number of hydrogen-bond donors (Lipinski definition) is 2. The van der Waals surface area contributed by atoms with Gasteiger partial charge in [-0.3, -0.25) is 9.69 Å². The number of aliphatic hydroxyl groups is 1. The number of carbonyl (C=O) groups is 1. The predicted molar refractivity (Wildman–Crippen MR) is 99.1 cm³/mol. The van der Waals surface area contributed by atoms with Crippen LogP contribution in [0, 0.1) is 0 Å². The zero-order valence-electron chi connectivity index (χ0n) is 14.6. The van der Waals surface area contributed by atoms with Crippen LogP contribution in [0.25, 0.3) is 0 Å². The fourth-order valence-corrected chi connectivity index (χ4v) is 3.25. The van der Waals surface area contributed by atoms with E-state index in [1.807, 2.05) is 12.1 Å². The molecule has 1 aliphatic heterocycles. The number of likely N-dealkylation sites (tertiary alicyclic amines) is 1. The number of nitrogens with zero attached hydrogens (tertiary/aromatic N) is 4. The average molecular weight is 378 g/mol. The van der Waals surface area contributed by atoms with Gasteiger partial charge in [-0.05, 0) is 37.0 Å². The summed E-state index contributed by atoms with van der Waals surface area (Å²) in [5.41, 5.74) is 1.59. The van der Waals surface area contributed by atoms with Crippen LogP contribution in [-0.2, 0) is 6.54 Å². The Balaban J connectivity index is 1.49. The molecule has 3 rings (SSSR count). The lowest BCUT2D eigenvalue weighted by Crippen LogP contribution is -2.34. The topological polar surface area (TPSA) is 83.3 Å². The van der Waals surface area contributed by atoms with Crippen molar-refractivity contribution in [3.05, 3.63) is 46.7 Å². The number of piperidine rings is 1.